The molecule has 0 unspecified atom stereocenters. The highest BCUT2D eigenvalue weighted by Crippen LogP contribution is 2.28. The van der Waals surface area contributed by atoms with Crippen LogP contribution in [0.4, 0.5) is 10.1 Å². The van der Waals surface area contributed by atoms with E-state index in [1.807, 2.05) is 6.07 Å². The number of anilines is 1. The summed E-state index contributed by atoms with van der Waals surface area (Å²) in [5.74, 6) is -0.622. The molecule has 1 amide bonds. The Kier molecular flexibility index (Phi) is 5.46. The number of hydrogen-bond acceptors (Lipinski definition) is 4. The van der Waals surface area contributed by atoms with E-state index in [4.69, 9.17) is 0 Å². The molecule has 6 nitrogen and oxygen atoms in total. The number of aromatic amines is 1. The van der Waals surface area contributed by atoms with Crippen LogP contribution in [0.3, 0.4) is 0 Å². The average Bonchev–Trinajstić information content (AvgIpc) is 3.22. The molecule has 1 fully saturated rings. The third kappa shape index (κ3) is 4.23. The number of aromatic nitrogens is 2. The van der Waals surface area contributed by atoms with Crippen LogP contribution in [-0.2, 0) is 6.54 Å². The number of rotatable bonds is 5. The number of phenolic OH excluding ortho intramolecular Hbond substituents is 1. The van der Waals surface area contributed by atoms with Gasteiger partial charge in [0, 0.05) is 24.3 Å². The lowest BCUT2D eigenvalue weighted by Gasteiger charge is -2.30. The van der Waals surface area contributed by atoms with Crippen LogP contribution in [0.15, 0.2) is 48.5 Å². The van der Waals surface area contributed by atoms with E-state index >= 15 is 0 Å². The van der Waals surface area contributed by atoms with E-state index in [1.165, 1.54) is 18.6 Å². The second kappa shape index (κ2) is 8.34. The molecule has 1 aliphatic heterocycles. The molecule has 3 aromatic rings. The molecule has 0 bridgehead atoms. The number of benzene rings is 2. The summed E-state index contributed by atoms with van der Waals surface area (Å²) in [4.78, 5) is 14.9. The number of para-hydroxylation sites is 1. The van der Waals surface area contributed by atoms with Crippen molar-refractivity contribution in [2.24, 2.45) is 0 Å². The van der Waals surface area contributed by atoms with E-state index in [1.54, 1.807) is 30.3 Å². The van der Waals surface area contributed by atoms with Crippen LogP contribution in [0.5, 0.6) is 5.75 Å². The van der Waals surface area contributed by atoms with Crippen LogP contribution < -0.4 is 10.2 Å². The average molecular weight is 394 g/mol. The molecule has 3 N–H and O–H groups in total. The van der Waals surface area contributed by atoms with E-state index < -0.39 is 5.82 Å². The number of aromatic hydroxyl groups is 1. The summed E-state index contributed by atoms with van der Waals surface area (Å²) in [5.41, 5.74) is 2.99. The van der Waals surface area contributed by atoms with E-state index in [2.05, 4.69) is 20.4 Å². The maximum absolute atomic E-state index is 13.8. The van der Waals surface area contributed by atoms with E-state index in [9.17, 15) is 14.3 Å². The Morgan fingerprint density at radius 3 is 2.72 bits per heavy atom. The van der Waals surface area contributed by atoms with Crippen molar-refractivity contribution in [2.45, 2.75) is 25.8 Å². The number of halogens is 1. The van der Waals surface area contributed by atoms with Gasteiger partial charge in [-0.3, -0.25) is 9.89 Å². The first-order chi connectivity index (χ1) is 14.1. The summed E-state index contributed by atoms with van der Waals surface area (Å²) in [6.45, 7) is 1.96. The number of nitrogens with zero attached hydrogens (tertiary/aromatic N) is 2. The minimum absolute atomic E-state index is 0.139. The second-order valence-corrected chi connectivity index (χ2v) is 7.19. The van der Waals surface area contributed by atoms with E-state index in [0.717, 1.165) is 31.6 Å². The summed E-state index contributed by atoms with van der Waals surface area (Å²) >= 11 is 0. The monoisotopic (exact) mass is 394 g/mol. The quantitative estimate of drug-likeness (QED) is 0.614. The lowest BCUT2D eigenvalue weighted by molar-refractivity contribution is 0.0950. The molecule has 1 aromatic heterocycles. The topological polar surface area (TPSA) is 81.2 Å². The first-order valence-electron chi connectivity index (χ1n) is 9.77. The van der Waals surface area contributed by atoms with Crippen LogP contribution in [0.2, 0.25) is 0 Å². The van der Waals surface area contributed by atoms with E-state index in [0.29, 0.717) is 22.5 Å². The van der Waals surface area contributed by atoms with E-state index in [-0.39, 0.29) is 18.2 Å². The van der Waals surface area contributed by atoms with Crippen molar-refractivity contribution in [3.63, 3.8) is 0 Å². The van der Waals surface area contributed by atoms with Crippen LogP contribution in [0, 0.1) is 5.82 Å². The van der Waals surface area contributed by atoms with Crippen molar-refractivity contribution < 1.29 is 14.3 Å². The highest BCUT2D eigenvalue weighted by Gasteiger charge is 2.19. The summed E-state index contributed by atoms with van der Waals surface area (Å²) in [6.07, 6.45) is 3.32. The summed E-state index contributed by atoms with van der Waals surface area (Å²) in [7, 11) is 0. The van der Waals surface area contributed by atoms with Crippen LogP contribution in [0.1, 0.15) is 35.3 Å². The SMILES string of the molecule is O=C(NCc1cc(-c2ccccc2O)n[nH]1)c1cc(F)ccc1N1CCCCC1. The molecule has 2 heterocycles. The van der Waals surface area contributed by atoms with Gasteiger partial charge < -0.3 is 15.3 Å². The number of amides is 1. The molecule has 4 rings (SSSR count). The maximum atomic E-state index is 13.8. The van der Waals surface area contributed by atoms with Gasteiger partial charge in [-0.15, -0.1) is 0 Å². The van der Waals surface area contributed by atoms with Gasteiger partial charge in [-0.2, -0.15) is 5.10 Å². The predicted octanol–water partition coefficient (Wildman–Crippen LogP) is 3.84. The van der Waals surface area contributed by atoms with Gasteiger partial charge in [0.15, 0.2) is 0 Å². The summed E-state index contributed by atoms with van der Waals surface area (Å²) in [6, 6.07) is 13.1. The van der Waals surface area contributed by atoms with Crippen LogP contribution >= 0.6 is 0 Å². The zero-order valence-electron chi connectivity index (χ0n) is 16.0. The van der Waals surface area contributed by atoms with Gasteiger partial charge in [-0.1, -0.05) is 12.1 Å². The standard InChI is InChI=1S/C22H23FN4O2/c23-15-8-9-20(27-10-4-1-5-11-27)18(12-15)22(29)24-14-16-13-19(26-25-16)17-6-2-3-7-21(17)28/h2-3,6-9,12-13,28H,1,4-5,10-11,14H2,(H,24,29)(H,25,26). The number of hydrogen-bond donors (Lipinski definition) is 3. The Labute approximate surface area is 168 Å². The lowest BCUT2D eigenvalue weighted by Crippen LogP contribution is -2.32. The minimum Gasteiger partial charge on any atom is -0.507 e. The molecule has 1 aliphatic rings. The number of carbonyl (C=O) groups is 1. The Hall–Kier alpha value is -3.35. The van der Waals surface area contributed by atoms with Crippen molar-refractivity contribution in [1.29, 1.82) is 0 Å². The maximum Gasteiger partial charge on any atom is 0.253 e. The third-order valence-electron chi connectivity index (χ3n) is 5.15. The lowest BCUT2D eigenvalue weighted by atomic mass is 10.1. The van der Waals surface area contributed by atoms with Crippen LogP contribution in [-0.4, -0.2) is 34.3 Å². The smallest absolute Gasteiger partial charge is 0.253 e. The fourth-order valence-corrected chi connectivity index (χ4v) is 3.65. The molecular weight excluding hydrogens is 371 g/mol. The Balaban J connectivity index is 1.48. The van der Waals surface area contributed by atoms with Gasteiger partial charge in [0.05, 0.1) is 23.5 Å². The van der Waals surface area contributed by atoms with Crippen molar-refractivity contribution in [1.82, 2.24) is 15.5 Å². The van der Waals surface area contributed by atoms with Crippen molar-refractivity contribution in [3.8, 4) is 17.0 Å². The number of H-pyrrole nitrogens is 1. The molecule has 0 aliphatic carbocycles. The Morgan fingerprint density at radius 2 is 1.93 bits per heavy atom. The zero-order valence-corrected chi connectivity index (χ0v) is 16.0. The molecule has 0 spiro atoms. The zero-order chi connectivity index (χ0) is 20.2. The Bertz CT molecular complexity index is 1010. The number of carbonyl (C=O) groups excluding carboxylic acids is 1. The molecule has 0 radical (unpaired) electrons. The van der Waals surface area contributed by atoms with Crippen molar-refractivity contribution >= 4 is 11.6 Å². The highest BCUT2D eigenvalue weighted by molar-refractivity contribution is 5.99. The number of phenols is 1. The van der Waals surface area contributed by atoms with Gasteiger partial charge in [0.2, 0.25) is 0 Å². The Morgan fingerprint density at radius 1 is 1.14 bits per heavy atom. The van der Waals surface area contributed by atoms with Crippen LogP contribution in [0.25, 0.3) is 11.3 Å². The minimum atomic E-state index is -0.431. The van der Waals surface area contributed by atoms with Gasteiger partial charge >= 0.3 is 0 Å². The molecule has 7 heteroatoms. The van der Waals surface area contributed by atoms with Gasteiger partial charge in [-0.05, 0) is 55.7 Å². The number of piperidine rings is 1. The van der Waals surface area contributed by atoms with Gasteiger partial charge in [0.25, 0.3) is 5.91 Å². The summed E-state index contributed by atoms with van der Waals surface area (Å²) in [5, 5.41) is 19.9. The largest absolute Gasteiger partial charge is 0.507 e. The second-order valence-electron chi connectivity index (χ2n) is 7.19. The third-order valence-corrected chi connectivity index (χ3v) is 5.15. The molecule has 2 aromatic carbocycles. The first kappa shape index (κ1) is 19.0. The fourth-order valence-electron chi connectivity index (χ4n) is 3.65. The normalized spacial score (nSPS) is 14.0. The molecule has 0 saturated carbocycles. The van der Waals surface area contributed by atoms with Gasteiger partial charge in [-0.25, -0.2) is 4.39 Å². The number of nitrogens with one attached hydrogen (secondary N) is 2. The summed E-state index contributed by atoms with van der Waals surface area (Å²) < 4.78 is 13.8. The fraction of sp³-hybridized carbons (Fsp3) is 0.273. The molecule has 1 saturated heterocycles. The molecule has 0 atom stereocenters. The first-order valence-corrected chi connectivity index (χ1v) is 9.77. The molecular formula is C22H23FN4O2. The predicted molar refractivity (Wildman–Crippen MR) is 109 cm³/mol. The van der Waals surface area contributed by atoms with Gasteiger partial charge in [0.1, 0.15) is 11.6 Å². The van der Waals surface area contributed by atoms with Crippen molar-refractivity contribution in [2.75, 3.05) is 18.0 Å². The highest BCUT2D eigenvalue weighted by atomic mass is 19.1. The van der Waals surface area contributed by atoms with Crippen molar-refractivity contribution in [3.05, 3.63) is 65.6 Å². The molecule has 150 valence electrons. The molecule has 29 heavy (non-hydrogen) atoms.